The first-order chi connectivity index (χ1) is 8.19. The number of hydrogen-bond acceptors (Lipinski definition) is 5. The lowest BCUT2D eigenvalue weighted by Crippen LogP contribution is -2.28. The van der Waals surface area contributed by atoms with Gasteiger partial charge in [-0.05, 0) is 13.0 Å². The summed E-state index contributed by atoms with van der Waals surface area (Å²) in [7, 11) is 1.46. The van der Waals surface area contributed by atoms with Gasteiger partial charge in [0.05, 0.1) is 25.6 Å². The van der Waals surface area contributed by atoms with E-state index in [-0.39, 0.29) is 11.6 Å². The van der Waals surface area contributed by atoms with Crippen LogP contribution in [0.3, 0.4) is 0 Å². The first-order valence-corrected chi connectivity index (χ1v) is 5.26. The molecule has 6 heteroatoms. The minimum absolute atomic E-state index is 0.184. The van der Waals surface area contributed by atoms with Crippen LogP contribution in [0, 0.1) is 0 Å². The molecule has 0 spiro atoms. The highest BCUT2D eigenvalue weighted by Gasteiger charge is 2.08. The van der Waals surface area contributed by atoms with E-state index in [9.17, 15) is 4.79 Å². The van der Waals surface area contributed by atoms with Crippen LogP contribution in [0.5, 0.6) is 6.01 Å². The second-order valence-electron chi connectivity index (χ2n) is 3.77. The maximum Gasteiger partial charge on any atom is 0.296 e. The number of nitrogens with one attached hydrogen (secondary N) is 1. The Morgan fingerprint density at radius 1 is 1.59 bits per heavy atom. The molecule has 1 aliphatic heterocycles. The van der Waals surface area contributed by atoms with E-state index < -0.39 is 0 Å². The van der Waals surface area contributed by atoms with Gasteiger partial charge in [0.1, 0.15) is 0 Å². The second-order valence-corrected chi connectivity index (χ2v) is 3.77. The number of methoxy groups -OCH3 is 1. The minimum atomic E-state index is -0.184. The molecule has 0 bridgehead atoms. The molecule has 0 unspecified atom stereocenters. The SMILES string of the molecule is COc1ncc(CN2C=NC(C)=CC2)c(=O)[nH]1. The summed E-state index contributed by atoms with van der Waals surface area (Å²) in [5, 5.41) is 0. The average molecular weight is 234 g/mol. The van der Waals surface area contributed by atoms with Crippen LogP contribution in [-0.2, 0) is 6.54 Å². The maximum absolute atomic E-state index is 11.7. The summed E-state index contributed by atoms with van der Waals surface area (Å²) in [5.74, 6) is 0. The van der Waals surface area contributed by atoms with Gasteiger partial charge in [-0.2, -0.15) is 0 Å². The Kier molecular flexibility index (Phi) is 3.22. The Morgan fingerprint density at radius 2 is 2.41 bits per heavy atom. The zero-order valence-electron chi connectivity index (χ0n) is 9.80. The molecule has 1 aromatic rings. The standard InChI is InChI=1S/C11H14N4O2/c1-8-3-4-15(7-13-8)6-9-5-12-11(17-2)14-10(9)16/h3,5,7H,4,6H2,1-2H3,(H,12,14,16). The number of nitrogens with zero attached hydrogens (tertiary/aromatic N) is 3. The molecule has 2 rings (SSSR count). The van der Waals surface area contributed by atoms with Gasteiger partial charge >= 0.3 is 0 Å². The molecule has 0 atom stereocenters. The van der Waals surface area contributed by atoms with E-state index in [1.807, 2.05) is 17.9 Å². The van der Waals surface area contributed by atoms with Crippen LogP contribution in [0.25, 0.3) is 0 Å². The number of hydrogen-bond donors (Lipinski definition) is 1. The lowest BCUT2D eigenvalue weighted by atomic mass is 10.3. The number of aromatic nitrogens is 2. The summed E-state index contributed by atoms with van der Waals surface area (Å²) in [6.45, 7) is 3.18. The van der Waals surface area contributed by atoms with Crippen molar-refractivity contribution in [2.45, 2.75) is 13.5 Å². The van der Waals surface area contributed by atoms with Crippen molar-refractivity contribution in [2.24, 2.45) is 4.99 Å². The van der Waals surface area contributed by atoms with Gasteiger partial charge in [0, 0.05) is 18.4 Å². The fourth-order valence-electron chi connectivity index (χ4n) is 1.47. The van der Waals surface area contributed by atoms with Crippen molar-refractivity contribution >= 4 is 6.34 Å². The van der Waals surface area contributed by atoms with Crippen molar-refractivity contribution in [3.05, 3.63) is 33.9 Å². The Hall–Kier alpha value is -2.11. The van der Waals surface area contributed by atoms with Gasteiger partial charge in [-0.25, -0.2) is 9.98 Å². The summed E-state index contributed by atoms with van der Waals surface area (Å²) in [4.78, 5) is 24.3. The number of H-pyrrole nitrogens is 1. The number of aliphatic imine (C=N–C) groups is 1. The van der Waals surface area contributed by atoms with E-state index in [2.05, 4.69) is 15.0 Å². The van der Waals surface area contributed by atoms with Crippen molar-refractivity contribution in [1.82, 2.24) is 14.9 Å². The van der Waals surface area contributed by atoms with Crippen molar-refractivity contribution in [2.75, 3.05) is 13.7 Å². The zero-order chi connectivity index (χ0) is 12.3. The van der Waals surface area contributed by atoms with Crippen LogP contribution in [-0.4, -0.2) is 34.9 Å². The molecule has 0 saturated carbocycles. The number of aromatic amines is 1. The molecule has 90 valence electrons. The van der Waals surface area contributed by atoms with Crippen LogP contribution in [0.1, 0.15) is 12.5 Å². The smallest absolute Gasteiger partial charge is 0.296 e. The molecule has 0 aliphatic carbocycles. The third kappa shape index (κ3) is 2.72. The number of rotatable bonds is 3. The highest BCUT2D eigenvalue weighted by atomic mass is 16.5. The largest absolute Gasteiger partial charge is 0.468 e. The normalized spacial score (nSPS) is 14.7. The number of allylic oxidation sites excluding steroid dienone is 1. The molecule has 1 aliphatic rings. The molecule has 17 heavy (non-hydrogen) atoms. The monoisotopic (exact) mass is 234 g/mol. The first kappa shape index (κ1) is 11.4. The van der Waals surface area contributed by atoms with E-state index in [0.29, 0.717) is 12.1 Å². The summed E-state index contributed by atoms with van der Waals surface area (Å²) in [5.41, 5.74) is 1.39. The quantitative estimate of drug-likeness (QED) is 0.828. The predicted octanol–water partition coefficient (Wildman–Crippen LogP) is 0.526. The van der Waals surface area contributed by atoms with Gasteiger partial charge in [0.25, 0.3) is 11.6 Å². The molecule has 0 amide bonds. The minimum Gasteiger partial charge on any atom is -0.468 e. The Labute approximate surface area is 98.7 Å². The van der Waals surface area contributed by atoms with E-state index in [4.69, 9.17) is 4.74 Å². The molecule has 6 nitrogen and oxygen atoms in total. The van der Waals surface area contributed by atoms with Crippen molar-refractivity contribution in [1.29, 1.82) is 0 Å². The van der Waals surface area contributed by atoms with Gasteiger partial charge < -0.3 is 9.64 Å². The van der Waals surface area contributed by atoms with Crippen LogP contribution >= 0.6 is 0 Å². The van der Waals surface area contributed by atoms with Gasteiger partial charge in [-0.3, -0.25) is 9.78 Å². The van der Waals surface area contributed by atoms with E-state index >= 15 is 0 Å². The van der Waals surface area contributed by atoms with Gasteiger partial charge in [0.2, 0.25) is 0 Å². The zero-order valence-corrected chi connectivity index (χ0v) is 9.80. The topological polar surface area (TPSA) is 70.6 Å². The van der Waals surface area contributed by atoms with E-state index in [0.717, 1.165) is 12.2 Å². The van der Waals surface area contributed by atoms with Gasteiger partial charge in [0.15, 0.2) is 0 Å². The lowest BCUT2D eigenvalue weighted by molar-refractivity contribution is 0.376. The highest BCUT2D eigenvalue weighted by molar-refractivity contribution is 5.58. The molecule has 0 fully saturated rings. The van der Waals surface area contributed by atoms with Crippen LogP contribution in [0.2, 0.25) is 0 Å². The van der Waals surface area contributed by atoms with Gasteiger partial charge in [-0.15, -0.1) is 0 Å². The Morgan fingerprint density at radius 3 is 3.00 bits per heavy atom. The lowest BCUT2D eigenvalue weighted by Gasteiger charge is -2.20. The fraction of sp³-hybridized carbons (Fsp3) is 0.364. The van der Waals surface area contributed by atoms with Crippen molar-refractivity contribution in [3.63, 3.8) is 0 Å². The molecule has 2 heterocycles. The summed E-state index contributed by atoms with van der Waals surface area (Å²) >= 11 is 0. The van der Waals surface area contributed by atoms with Gasteiger partial charge in [-0.1, -0.05) is 0 Å². The first-order valence-electron chi connectivity index (χ1n) is 5.26. The second kappa shape index (κ2) is 4.82. The molecular formula is C11H14N4O2. The summed E-state index contributed by atoms with van der Waals surface area (Å²) in [6.07, 6.45) is 5.26. The molecule has 0 radical (unpaired) electrons. The molecule has 1 aromatic heterocycles. The third-order valence-electron chi connectivity index (χ3n) is 2.46. The maximum atomic E-state index is 11.7. The van der Waals surface area contributed by atoms with Crippen LogP contribution in [0.4, 0.5) is 0 Å². The van der Waals surface area contributed by atoms with Crippen molar-refractivity contribution < 1.29 is 4.74 Å². The molecule has 0 aromatic carbocycles. The third-order valence-corrected chi connectivity index (χ3v) is 2.46. The summed E-state index contributed by atoms with van der Waals surface area (Å²) < 4.78 is 4.84. The highest BCUT2D eigenvalue weighted by Crippen LogP contribution is 2.05. The van der Waals surface area contributed by atoms with E-state index in [1.54, 1.807) is 6.34 Å². The van der Waals surface area contributed by atoms with E-state index in [1.165, 1.54) is 13.3 Å². The van der Waals surface area contributed by atoms with Crippen LogP contribution < -0.4 is 10.3 Å². The average Bonchev–Trinajstić information content (AvgIpc) is 2.34. The molecule has 0 saturated heterocycles. The number of ether oxygens (including phenoxy) is 1. The fourth-order valence-corrected chi connectivity index (χ4v) is 1.47. The Bertz CT molecular complexity index is 518. The predicted molar refractivity (Wildman–Crippen MR) is 64.1 cm³/mol. The van der Waals surface area contributed by atoms with Crippen LogP contribution in [0.15, 0.2) is 27.8 Å². The molecular weight excluding hydrogens is 220 g/mol. The molecule has 1 N–H and O–H groups in total. The summed E-state index contributed by atoms with van der Waals surface area (Å²) in [6, 6.07) is 0.224. The van der Waals surface area contributed by atoms with Crippen molar-refractivity contribution in [3.8, 4) is 6.01 Å². The Balaban J connectivity index is 2.10.